The first-order chi connectivity index (χ1) is 14.6. The van der Waals surface area contributed by atoms with Gasteiger partial charge in [-0.15, -0.1) is 0 Å². The Morgan fingerprint density at radius 1 is 1.07 bits per heavy atom. The first-order valence-corrected chi connectivity index (χ1v) is 10.1. The molecule has 8 heteroatoms. The summed E-state index contributed by atoms with van der Waals surface area (Å²) in [6, 6.07) is 15.1. The maximum absolute atomic E-state index is 13.0. The Morgan fingerprint density at radius 2 is 1.83 bits per heavy atom. The van der Waals surface area contributed by atoms with Crippen molar-refractivity contribution in [3.05, 3.63) is 82.0 Å². The van der Waals surface area contributed by atoms with Crippen molar-refractivity contribution in [2.45, 2.75) is 19.4 Å². The number of carbonyl (C=O) groups is 1. The van der Waals surface area contributed by atoms with E-state index in [1.807, 2.05) is 36.4 Å². The molecule has 2 aromatic carbocycles. The molecule has 7 nitrogen and oxygen atoms in total. The second-order valence-electron chi connectivity index (χ2n) is 7.20. The van der Waals surface area contributed by atoms with E-state index in [1.54, 1.807) is 17.0 Å². The molecule has 0 bridgehead atoms. The van der Waals surface area contributed by atoms with Gasteiger partial charge in [0.2, 0.25) is 5.91 Å². The van der Waals surface area contributed by atoms with E-state index in [-0.39, 0.29) is 18.0 Å². The number of hydrogen-bond donors (Lipinski definition) is 0. The SMILES string of the molecule is O=C(Cn1cnc2c(cnn2-c2ccccc2Cl)c1=O)N1CCCc2ccccc21. The standard InChI is InChI=1S/C22H18ClN5O2/c23-17-8-2-4-10-19(17)28-21-16(12-25-28)22(30)26(14-24-21)13-20(29)27-11-5-7-15-6-1-3-9-18(15)27/h1-4,6,8-10,12,14H,5,7,11,13H2. The molecule has 0 saturated carbocycles. The Morgan fingerprint density at radius 3 is 2.67 bits per heavy atom. The fourth-order valence-electron chi connectivity index (χ4n) is 3.88. The lowest BCUT2D eigenvalue weighted by atomic mass is 10.0. The average Bonchev–Trinajstić information content (AvgIpc) is 3.20. The van der Waals surface area contributed by atoms with E-state index in [0.717, 1.165) is 24.1 Å². The summed E-state index contributed by atoms with van der Waals surface area (Å²) >= 11 is 6.26. The van der Waals surface area contributed by atoms with Gasteiger partial charge in [0.1, 0.15) is 18.3 Å². The number of aromatic nitrogens is 4. The zero-order valence-corrected chi connectivity index (χ0v) is 16.8. The van der Waals surface area contributed by atoms with E-state index in [9.17, 15) is 9.59 Å². The molecule has 0 unspecified atom stereocenters. The van der Waals surface area contributed by atoms with Gasteiger partial charge in [-0.2, -0.15) is 5.10 Å². The highest BCUT2D eigenvalue weighted by atomic mass is 35.5. The van der Waals surface area contributed by atoms with Gasteiger partial charge in [-0.3, -0.25) is 14.2 Å². The molecule has 30 heavy (non-hydrogen) atoms. The minimum Gasteiger partial charge on any atom is -0.311 e. The number of hydrogen-bond acceptors (Lipinski definition) is 4. The van der Waals surface area contributed by atoms with Crippen molar-refractivity contribution in [3.63, 3.8) is 0 Å². The lowest BCUT2D eigenvalue weighted by Crippen LogP contribution is -2.39. The number of fused-ring (bicyclic) bond motifs is 2. The first kappa shape index (κ1) is 18.6. The van der Waals surface area contributed by atoms with Crippen LogP contribution in [0.4, 0.5) is 5.69 Å². The highest BCUT2D eigenvalue weighted by Crippen LogP contribution is 2.27. The molecule has 150 valence electrons. The molecule has 0 atom stereocenters. The highest BCUT2D eigenvalue weighted by Gasteiger charge is 2.23. The smallest absolute Gasteiger partial charge is 0.264 e. The molecule has 3 heterocycles. The third-order valence-electron chi connectivity index (χ3n) is 5.35. The van der Waals surface area contributed by atoms with Crippen LogP contribution in [0, 0.1) is 0 Å². The van der Waals surface area contributed by atoms with E-state index in [2.05, 4.69) is 10.1 Å². The van der Waals surface area contributed by atoms with Crippen LogP contribution in [-0.4, -0.2) is 31.8 Å². The van der Waals surface area contributed by atoms with Crippen LogP contribution in [-0.2, 0) is 17.8 Å². The summed E-state index contributed by atoms with van der Waals surface area (Å²) in [7, 11) is 0. The predicted molar refractivity (Wildman–Crippen MR) is 115 cm³/mol. The zero-order valence-electron chi connectivity index (χ0n) is 16.0. The van der Waals surface area contributed by atoms with Gasteiger partial charge < -0.3 is 4.90 Å². The molecular weight excluding hydrogens is 402 g/mol. The molecule has 0 aliphatic carbocycles. The lowest BCUT2D eigenvalue weighted by Gasteiger charge is -2.29. The number of halogens is 1. The summed E-state index contributed by atoms with van der Waals surface area (Å²) in [6.45, 7) is 0.568. The van der Waals surface area contributed by atoms with Crippen LogP contribution in [0.15, 0.2) is 65.8 Å². The van der Waals surface area contributed by atoms with Gasteiger partial charge in [-0.1, -0.05) is 41.9 Å². The zero-order chi connectivity index (χ0) is 20.7. The summed E-state index contributed by atoms with van der Waals surface area (Å²) in [6.07, 6.45) is 4.72. The summed E-state index contributed by atoms with van der Waals surface area (Å²) < 4.78 is 2.87. The Balaban J connectivity index is 1.48. The van der Waals surface area contributed by atoms with Gasteiger partial charge in [0.15, 0.2) is 5.65 Å². The first-order valence-electron chi connectivity index (χ1n) is 9.70. The van der Waals surface area contributed by atoms with Gasteiger partial charge in [0.25, 0.3) is 5.56 Å². The minimum atomic E-state index is -0.308. The maximum atomic E-state index is 13.0. The van der Waals surface area contributed by atoms with Crippen molar-refractivity contribution >= 4 is 34.2 Å². The van der Waals surface area contributed by atoms with Crippen LogP contribution in [0.5, 0.6) is 0 Å². The highest BCUT2D eigenvalue weighted by molar-refractivity contribution is 6.32. The van der Waals surface area contributed by atoms with Crippen LogP contribution in [0.2, 0.25) is 5.02 Å². The number of rotatable bonds is 3. The number of anilines is 1. The predicted octanol–water partition coefficient (Wildman–Crippen LogP) is 3.22. The van der Waals surface area contributed by atoms with E-state index in [1.165, 1.54) is 21.8 Å². The second kappa shape index (κ2) is 7.42. The molecule has 5 rings (SSSR count). The molecule has 1 aliphatic heterocycles. The van der Waals surface area contributed by atoms with Crippen LogP contribution >= 0.6 is 11.6 Å². The van der Waals surface area contributed by atoms with Gasteiger partial charge >= 0.3 is 0 Å². The van der Waals surface area contributed by atoms with Crippen LogP contribution in [0.1, 0.15) is 12.0 Å². The van der Waals surface area contributed by atoms with Crippen molar-refractivity contribution in [3.8, 4) is 5.69 Å². The lowest BCUT2D eigenvalue weighted by molar-refractivity contribution is -0.119. The van der Waals surface area contributed by atoms with E-state index < -0.39 is 0 Å². The van der Waals surface area contributed by atoms with Crippen molar-refractivity contribution in [1.29, 1.82) is 0 Å². The quantitative estimate of drug-likeness (QED) is 0.511. The fraction of sp³-hybridized carbons (Fsp3) is 0.182. The van der Waals surface area contributed by atoms with E-state index in [0.29, 0.717) is 28.3 Å². The summed E-state index contributed by atoms with van der Waals surface area (Å²) in [4.78, 5) is 32.1. The number of nitrogens with zero attached hydrogens (tertiary/aromatic N) is 5. The molecule has 1 amide bonds. The summed E-state index contributed by atoms with van der Waals surface area (Å²) in [5, 5.41) is 5.13. The minimum absolute atomic E-state index is 0.0760. The molecule has 0 saturated heterocycles. The van der Waals surface area contributed by atoms with E-state index >= 15 is 0 Å². The molecular formula is C22H18ClN5O2. The molecule has 0 spiro atoms. The van der Waals surface area contributed by atoms with Gasteiger partial charge in [-0.25, -0.2) is 9.67 Å². The largest absolute Gasteiger partial charge is 0.311 e. The molecule has 4 aromatic rings. The van der Waals surface area contributed by atoms with Gasteiger partial charge in [-0.05, 0) is 36.6 Å². The average molecular weight is 420 g/mol. The number of para-hydroxylation sites is 2. The van der Waals surface area contributed by atoms with Gasteiger partial charge in [0.05, 0.1) is 16.9 Å². The molecule has 2 aromatic heterocycles. The molecule has 0 radical (unpaired) electrons. The topological polar surface area (TPSA) is 73.0 Å². The van der Waals surface area contributed by atoms with E-state index in [4.69, 9.17) is 11.6 Å². The van der Waals surface area contributed by atoms with Crippen molar-refractivity contribution < 1.29 is 4.79 Å². The molecule has 0 N–H and O–H groups in total. The number of benzene rings is 2. The van der Waals surface area contributed by atoms with Crippen LogP contribution in [0.3, 0.4) is 0 Å². The Bertz CT molecular complexity index is 1330. The molecule has 1 aliphatic rings. The van der Waals surface area contributed by atoms with Crippen LogP contribution in [0.25, 0.3) is 16.7 Å². The summed E-state index contributed by atoms with van der Waals surface area (Å²) in [5.41, 5.74) is 2.80. The maximum Gasteiger partial charge on any atom is 0.264 e. The Labute approximate surface area is 177 Å². The second-order valence-corrected chi connectivity index (χ2v) is 7.61. The third kappa shape index (κ3) is 3.07. The number of aryl methyl sites for hydroxylation is 1. The number of carbonyl (C=O) groups excluding carboxylic acids is 1. The normalized spacial score (nSPS) is 13.4. The monoisotopic (exact) mass is 419 g/mol. The Hall–Kier alpha value is -3.45. The van der Waals surface area contributed by atoms with Crippen LogP contribution < -0.4 is 10.5 Å². The summed E-state index contributed by atoms with van der Waals surface area (Å²) in [5.74, 6) is -0.135. The van der Waals surface area contributed by atoms with Crippen molar-refractivity contribution in [2.75, 3.05) is 11.4 Å². The Kier molecular flexibility index (Phi) is 4.59. The van der Waals surface area contributed by atoms with Gasteiger partial charge in [0, 0.05) is 12.2 Å². The fourth-order valence-corrected chi connectivity index (χ4v) is 4.10. The number of amides is 1. The third-order valence-corrected chi connectivity index (χ3v) is 5.67. The van der Waals surface area contributed by atoms with Crippen molar-refractivity contribution in [1.82, 2.24) is 19.3 Å². The van der Waals surface area contributed by atoms with Crippen molar-refractivity contribution in [2.24, 2.45) is 0 Å². The molecule has 0 fully saturated rings.